The Bertz CT molecular complexity index is 159. The van der Waals surface area contributed by atoms with Crippen LogP contribution in [0.25, 0.3) is 0 Å². The third kappa shape index (κ3) is 14.3. The van der Waals surface area contributed by atoms with Crippen molar-refractivity contribution in [3.8, 4) is 0 Å². The Kier molecular flexibility index (Phi) is 16.9. The first-order valence-corrected chi connectivity index (χ1v) is 9.27. The van der Waals surface area contributed by atoms with Crippen LogP contribution in [0.15, 0.2) is 0 Å². The van der Waals surface area contributed by atoms with Gasteiger partial charge in [-0.3, -0.25) is 0 Å². The zero-order valence-electron chi connectivity index (χ0n) is 14.3. The third-order valence-corrected chi connectivity index (χ3v) is 4.08. The zero-order chi connectivity index (χ0) is 14.9. The number of nitrogens with zero attached hydrogens (tertiary/aromatic N) is 1. The average molecular weight is 285 g/mol. The summed E-state index contributed by atoms with van der Waals surface area (Å²) in [4.78, 5) is 2.72. The van der Waals surface area contributed by atoms with Gasteiger partial charge in [0.05, 0.1) is 0 Å². The minimum Gasteiger partial charge on any atom is -0.330 e. The molecule has 0 aliphatic carbocycles. The van der Waals surface area contributed by atoms with Gasteiger partial charge in [-0.25, -0.2) is 0 Å². The maximum atomic E-state index is 5.55. The molecule has 0 atom stereocenters. The van der Waals surface area contributed by atoms with E-state index >= 15 is 0 Å². The molecule has 122 valence electrons. The van der Waals surface area contributed by atoms with E-state index in [4.69, 9.17) is 5.73 Å². The highest BCUT2D eigenvalue weighted by Gasteiger charge is 2.04. The minimum atomic E-state index is 0.859. The first kappa shape index (κ1) is 19.9. The van der Waals surface area contributed by atoms with Crippen LogP contribution in [0.1, 0.15) is 90.9 Å². The summed E-state index contributed by atoms with van der Waals surface area (Å²) in [6, 6.07) is 0. The van der Waals surface area contributed by atoms with E-state index in [9.17, 15) is 0 Å². The van der Waals surface area contributed by atoms with Gasteiger partial charge < -0.3 is 10.6 Å². The van der Waals surface area contributed by atoms with E-state index in [-0.39, 0.29) is 0 Å². The molecule has 0 aromatic rings. The van der Waals surface area contributed by atoms with Crippen molar-refractivity contribution in [2.24, 2.45) is 5.73 Å². The molecule has 0 unspecified atom stereocenters. The number of hydrogen-bond donors (Lipinski definition) is 1. The first-order valence-electron chi connectivity index (χ1n) is 9.27. The van der Waals surface area contributed by atoms with Crippen LogP contribution in [0, 0.1) is 0 Å². The van der Waals surface area contributed by atoms with Crippen molar-refractivity contribution in [3.05, 3.63) is 0 Å². The topological polar surface area (TPSA) is 29.3 Å². The van der Waals surface area contributed by atoms with Gasteiger partial charge in [0.2, 0.25) is 0 Å². The van der Waals surface area contributed by atoms with Crippen molar-refractivity contribution in [3.63, 3.8) is 0 Å². The molecule has 0 bridgehead atoms. The lowest BCUT2D eigenvalue weighted by atomic mass is 10.1. The first-order chi connectivity index (χ1) is 9.85. The van der Waals surface area contributed by atoms with E-state index in [1.807, 2.05) is 0 Å². The highest BCUT2D eigenvalue weighted by atomic mass is 15.1. The number of unbranched alkanes of at least 4 members (excludes halogenated alkanes) is 9. The smallest absolute Gasteiger partial charge is 0.00187 e. The summed E-state index contributed by atoms with van der Waals surface area (Å²) in [6.07, 6.45) is 16.3. The highest BCUT2D eigenvalue weighted by Crippen LogP contribution is 2.08. The SMILES string of the molecule is CCCCCCN(CCCCCC)CCCCCCN. The Morgan fingerprint density at radius 2 is 0.950 bits per heavy atom. The van der Waals surface area contributed by atoms with Crippen LogP contribution < -0.4 is 5.73 Å². The molecule has 0 aliphatic rings. The Morgan fingerprint density at radius 1 is 0.550 bits per heavy atom. The van der Waals surface area contributed by atoms with Crippen LogP contribution in [0.4, 0.5) is 0 Å². The number of nitrogens with two attached hydrogens (primary N) is 1. The van der Waals surface area contributed by atoms with Crippen molar-refractivity contribution in [2.75, 3.05) is 26.2 Å². The van der Waals surface area contributed by atoms with Gasteiger partial charge in [0, 0.05) is 0 Å². The second-order valence-electron chi connectivity index (χ2n) is 6.17. The molecular formula is C18H40N2. The third-order valence-electron chi connectivity index (χ3n) is 4.08. The lowest BCUT2D eigenvalue weighted by Crippen LogP contribution is -2.27. The molecule has 0 amide bonds. The van der Waals surface area contributed by atoms with Crippen LogP contribution in [-0.2, 0) is 0 Å². The van der Waals surface area contributed by atoms with Gasteiger partial charge in [0.25, 0.3) is 0 Å². The lowest BCUT2D eigenvalue weighted by molar-refractivity contribution is 0.255. The Labute approximate surface area is 128 Å². The van der Waals surface area contributed by atoms with Crippen LogP contribution in [0.2, 0.25) is 0 Å². The molecule has 20 heavy (non-hydrogen) atoms. The van der Waals surface area contributed by atoms with Crippen molar-refractivity contribution >= 4 is 0 Å². The van der Waals surface area contributed by atoms with Gasteiger partial charge >= 0.3 is 0 Å². The molecule has 0 heterocycles. The summed E-state index contributed by atoms with van der Waals surface area (Å²) in [7, 11) is 0. The summed E-state index contributed by atoms with van der Waals surface area (Å²) >= 11 is 0. The van der Waals surface area contributed by atoms with Gasteiger partial charge in [-0.2, -0.15) is 0 Å². The summed E-state index contributed by atoms with van der Waals surface area (Å²) in [5.74, 6) is 0. The molecule has 0 radical (unpaired) electrons. The molecule has 0 saturated carbocycles. The normalized spacial score (nSPS) is 11.4. The molecule has 2 N–H and O–H groups in total. The van der Waals surface area contributed by atoms with E-state index in [2.05, 4.69) is 18.7 Å². The molecule has 2 heteroatoms. The fourth-order valence-electron chi connectivity index (χ4n) is 2.69. The summed E-state index contributed by atoms with van der Waals surface area (Å²) < 4.78 is 0. The largest absolute Gasteiger partial charge is 0.330 e. The fourth-order valence-corrected chi connectivity index (χ4v) is 2.69. The van der Waals surface area contributed by atoms with Crippen LogP contribution in [0.5, 0.6) is 0 Å². The quantitative estimate of drug-likeness (QED) is 0.406. The molecule has 0 aromatic carbocycles. The number of rotatable bonds is 16. The maximum absolute atomic E-state index is 5.55. The Hall–Kier alpha value is -0.0800. The van der Waals surface area contributed by atoms with Gasteiger partial charge in [-0.1, -0.05) is 65.2 Å². The van der Waals surface area contributed by atoms with E-state index in [1.165, 1.54) is 96.7 Å². The van der Waals surface area contributed by atoms with Gasteiger partial charge in [-0.05, 0) is 51.9 Å². The van der Waals surface area contributed by atoms with E-state index in [0.29, 0.717) is 0 Å². The second kappa shape index (κ2) is 17.0. The molecule has 2 nitrogen and oxygen atoms in total. The van der Waals surface area contributed by atoms with Crippen LogP contribution in [-0.4, -0.2) is 31.1 Å². The van der Waals surface area contributed by atoms with E-state index < -0.39 is 0 Å². The molecule has 0 spiro atoms. The molecular weight excluding hydrogens is 244 g/mol. The Balaban J connectivity index is 3.67. The molecule has 0 aromatic heterocycles. The monoisotopic (exact) mass is 284 g/mol. The van der Waals surface area contributed by atoms with E-state index in [0.717, 1.165) is 6.54 Å². The Morgan fingerprint density at radius 3 is 1.35 bits per heavy atom. The van der Waals surface area contributed by atoms with Gasteiger partial charge in [-0.15, -0.1) is 0 Å². The van der Waals surface area contributed by atoms with Crippen molar-refractivity contribution in [1.29, 1.82) is 0 Å². The minimum absolute atomic E-state index is 0.859. The van der Waals surface area contributed by atoms with Crippen LogP contribution >= 0.6 is 0 Å². The van der Waals surface area contributed by atoms with Crippen LogP contribution in [0.3, 0.4) is 0 Å². The van der Waals surface area contributed by atoms with E-state index in [1.54, 1.807) is 0 Å². The zero-order valence-corrected chi connectivity index (χ0v) is 14.3. The predicted octanol–water partition coefficient (Wildman–Crippen LogP) is 4.97. The summed E-state index contributed by atoms with van der Waals surface area (Å²) in [5.41, 5.74) is 5.55. The fraction of sp³-hybridized carbons (Fsp3) is 1.00. The van der Waals surface area contributed by atoms with Crippen molar-refractivity contribution in [2.45, 2.75) is 90.9 Å². The molecule has 0 aliphatic heterocycles. The summed E-state index contributed by atoms with van der Waals surface area (Å²) in [5, 5.41) is 0. The highest BCUT2D eigenvalue weighted by molar-refractivity contribution is 4.60. The van der Waals surface area contributed by atoms with Crippen molar-refractivity contribution in [1.82, 2.24) is 4.90 Å². The van der Waals surface area contributed by atoms with Gasteiger partial charge in [0.1, 0.15) is 0 Å². The summed E-state index contributed by atoms with van der Waals surface area (Å²) in [6.45, 7) is 9.40. The predicted molar refractivity (Wildman–Crippen MR) is 92.2 cm³/mol. The molecule has 0 fully saturated rings. The molecule has 0 saturated heterocycles. The second-order valence-corrected chi connectivity index (χ2v) is 6.17. The average Bonchev–Trinajstić information content (AvgIpc) is 2.47. The van der Waals surface area contributed by atoms with Gasteiger partial charge in [0.15, 0.2) is 0 Å². The molecule has 0 rings (SSSR count). The maximum Gasteiger partial charge on any atom is -0.00187 e. The lowest BCUT2D eigenvalue weighted by Gasteiger charge is -2.22. The number of hydrogen-bond acceptors (Lipinski definition) is 2. The van der Waals surface area contributed by atoms with Crippen molar-refractivity contribution < 1.29 is 0 Å². The standard InChI is InChI=1S/C18H40N2/c1-3-5-7-12-16-20(17-13-8-6-4-2)18-14-10-9-11-15-19/h3-19H2,1-2H3.